The van der Waals surface area contributed by atoms with Crippen LogP contribution in [0.5, 0.6) is 0 Å². The lowest BCUT2D eigenvalue weighted by Gasteiger charge is -2.15. The molecule has 15 heavy (non-hydrogen) atoms. The van der Waals surface area contributed by atoms with Crippen LogP contribution in [0.1, 0.15) is 28.2 Å². The van der Waals surface area contributed by atoms with Crippen molar-refractivity contribution in [1.82, 2.24) is 9.55 Å². The first-order valence-corrected chi connectivity index (χ1v) is 5.25. The third kappa shape index (κ3) is 1.06. The van der Waals surface area contributed by atoms with Gasteiger partial charge in [0, 0.05) is 6.54 Å². The highest BCUT2D eigenvalue weighted by Gasteiger charge is 2.18. The Morgan fingerprint density at radius 1 is 1.47 bits per heavy atom. The lowest BCUT2D eigenvalue weighted by molar-refractivity contribution is 0.111. The Labute approximate surface area is 87.7 Å². The molecule has 0 saturated carbocycles. The third-order valence-electron chi connectivity index (χ3n) is 3.14. The number of aryl methyl sites for hydroxylation is 3. The molecule has 0 saturated heterocycles. The molecular weight excluding hydrogens is 188 g/mol. The first-order chi connectivity index (χ1) is 7.31. The summed E-state index contributed by atoms with van der Waals surface area (Å²) < 4.78 is 2.05. The molecule has 1 aliphatic heterocycles. The van der Waals surface area contributed by atoms with Crippen molar-refractivity contribution in [2.75, 3.05) is 0 Å². The number of hydrogen-bond acceptors (Lipinski definition) is 2. The molecular formula is C12H12N2O. The van der Waals surface area contributed by atoms with Crippen molar-refractivity contribution in [3.05, 3.63) is 29.1 Å². The van der Waals surface area contributed by atoms with Gasteiger partial charge in [-0.15, -0.1) is 0 Å². The summed E-state index contributed by atoms with van der Waals surface area (Å²) in [4.78, 5) is 15.3. The van der Waals surface area contributed by atoms with Gasteiger partial charge in [0.25, 0.3) is 0 Å². The van der Waals surface area contributed by atoms with Gasteiger partial charge in [-0.3, -0.25) is 4.79 Å². The molecule has 3 heteroatoms. The van der Waals surface area contributed by atoms with Gasteiger partial charge >= 0.3 is 0 Å². The number of aromatic nitrogens is 2. The lowest BCUT2D eigenvalue weighted by Crippen LogP contribution is -2.10. The van der Waals surface area contributed by atoms with E-state index in [9.17, 15) is 4.79 Å². The van der Waals surface area contributed by atoms with Crippen LogP contribution in [0.15, 0.2) is 12.1 Å². The number of nitrogens with zero attached hydrogens (tertiary/aromatic N) is 2. The third-order valence-corrected chi connectivity index (χ3v) is 3.14. The monoisotopic (exact) mass is 200 g/mol. The van der Waals surface area contributed by atoms with E-state index in [0.717, 1.165) is 36.8 Å². The Morgan fingerprint density at radius 2 is 2.33 bits per heavy atom. The number of rotatable bonds is 1. The molecule has 1 aromatic heterocycles. The normalized spacial score (nSPS) is 14.5. The maximum atomic E-state index is 10.9. The van der Waals surface area contributed by atoms with Crippen molar-refractivity contribution in [3.63, 3.8) is 0 Å². The number of carbonyl (C=O) groups is 1. The highest BCUT2D eigenvalue weighted by atomic mass is 16.1. The summed E-state index contributed by atoms with van der Waals surface area (Å²) in [6.07, 6.45) is 3.05. The molecule has 0 unspecified atom stereocenters. The summed E-state index contributed by atoms with van der Waals surface area (Å²) in [5.74, 6) is 0.570. The van der Waals surface area contributed by atoms with Gasteiger partial charge in [-0.1, -0.05) is 12.1 Å². The standard InChI is InChI=1S/C12H12N2O/c1-8-4-5-9-3-2-6-14-10(7-15)13-11(8)12(9)14/h4-5,7H,2-3,6H2,1H3. The molecule has 0 radical (unpaired) electrons. The second-order valence-electron chi connectivity index (χ2n) is 4.08. The fourth-order valence-corrected chi connectivity index (χ4v) is 2.40. The summed E-state index contributed by atoms with van der Waals surface area (Å²) in [5.41, 5.74) is 4.64. The summed E-state index contributed by atoms with van der Waals surface area (Å²) in [6, 6.07) is 4.25. The quantitative estimate of drug-likeness (QED) is 0.661. The average Bonchev–Trinajstić information content (AvgIpc) is 2.65. The molecule has 0 amide bonds. The van der Waals surface area contributed by atoms with Gasteiger partial charge in [-0.05, 0) is 30.9 Å². The molecule has 0 spiro atoms. The number of imidazole rings is 1. The molecule has 76 valence electrons. The molecule has 0 fully saturated rings. The molecule has 0 atom stereocenters. The Balaban J connectivity index is 2.49. The Morgan fingerprint density at radius 3 is 3.13 bits per heavy atom. The van der Waals surface area contributed by atoms with Crippen molar-refractivity contribution >= 4 is 17.3 Å². The second kappa shape index (κ2) is 2.92. The van der Waals surface area contributed by atoms with E-state index >= 15 is 0 Å². The minimum atomic E-state index is 0.570. The Hall–Kier alpha value is -1.64. The summed E-state index contributed by atoms with van der Waals surface area (Å²) in [5, 5.41) is 0. The number of aldehydes is 1. The van der Waals surface area contributed by atoms with Crippen LogP contribution in [0, 0.1) is 6.92 Å². The minimum absolute atomic E-state index is 0.570. The zero-order chi connectivity index (χ0) is 10.4. The van der Waals surface area contributed by atoms with Gasteiger partial charge in [-0.25, -0.2) is 4.98 Å². The number of hydrogen-bond donors (Lipinski definition) is 0. The van der Waals surface area contributed by atoms with Gasteiger partial charge in [0.05, 0.1) is 11.0 Å². The highest BCUT2D eigenvalue weighted by molar-refractivity contribution is 5.88. The van der Waals surface area contributed by atoms with Gasteiger partial charge in [0.1, 0.15) is 0 Å². The maximum Gasteiger partial charge on any atom is 0.185 e. The smallest absolute Gasteiger partial charge is 0.185 e. The molecule has 1 aromatic carbocycles. The average molecular weight is 200 g/mol. The Bertz CT molecular complexity index is 554. The zero-order valence-electron chi connectivity index (χ0n) is 8.66. The van der Waals surface area contributed by atoms with E-state index in [1.54, 1.807) is 0 Å². The van der Waals surface area contributed by atoms with Crippen molar-refractivity contribution in [2.24, 2.45) is 0 Å². The predicted octanol–water partition coefficient (Wildman–Crippen LogP) is 2.10. The maximum absolute atomic E-state index is 10.9. The second-order valence-corrected chi connectivity index (χ2v) is 4.08. The van der Waals surface area contributed by atoms with Gasteiger partial charge in [0.2, 0.25) is 0 Å². The first kappa shape index (κ1) is 8.65. The van der Waals surface area contributed by atoms with Gasteiger partial charge < -0.3 is 4.57 Å². The van der Waals surface area contributed by atoms with E-state index in [0.29, 0.717) is 5.82 Å². The van der Waals surface area contributed by atoms with Crippen molar-refractivity contribution in [2.45, 2.75) is 26.3 Å². The minimum Gasteiger partial charge on any atom is -0.321 e. The number of benzene rings is 1. The van der Waals surface area contributed by atoms with Gasteiger partial charge in [0.15, 0.2) is 12.1 Å². The van der Waals surface area contributed by atoms with Crippen molar-refractivity contribution in [1.29, 1.82) is 0 Å². The largest absolute Gasteiger partial charge is 0.321 e. The van der Waals surface area contributed by atoms with Crippen LogP contribution in [-0.2, 0) is 13.0 Å². The topological polar surface area (TPSA) is 34.9 Å². The van der Waals surface area contributed by atoms with Crippen LogP contribution < -0.4 is 0 Å². The molecule has 3 rings (SSSR count). The van der Waals surface area contributed by atoms with Crippen molar-refractivity contribution < 1.29 is 4.79 Å². The van der Waals surface area contributed by atoms with E-state index in [1.807, 2.05) is 11.5 Å². The fourth-order valence-electron chi connectivity index (χ4n) is 2.40. The highest BCUT2D eigenvalue weighted by Crippen LogP contribution is 2.27. The fraction of sp³-hybridized carbons (Fsp3) is 0.333. The molecule has 0 bridgehead atoms. The zero-order valence-corrected chi connectivity index (χ0v) is 8.66. The van der Waals surface area contributed by atoms with Crippen LogP contribution in [0.4, 0.5) is 0 Å². The molecule has 0 N–H and O–H groups in total. The van der Waals surface area contributed by atoms with Crippen LogP contribution in [0.3, 0.4) is 0 Å². The summed E-state index contributed by atoms with van der Waals surface area (Å²) >= 11 is 0. The van der Waals surface area contributed by atoms with Crippen LogP contribution in [0.2, 0.25) is 0 Å². The van der Waals surface area contributed by atoms with Gasteiger partial charge in [-0.2, -0.15) is 0 Å². The molecule has 1 aliphatic rings. The van der Waals surface area contributed by atoms with Crippen LogP contribution in [-0.4, -0.2) is 15.8 Å². The Kier molecular flexibility index (Phi) is 1.69. The van der Waals surface area contributed by atoms with Crippen LogP contribution >= 0.6 is 0 Å². The first-order valence-electron chi connectivity index (χ1n) is 5.25. The number of carbonyl (C=O) groups excluding carboxylic acids is 1. The van der Waals surface area contributed by atoms with E-state index in [-0.39, 0.29) is 0 Å². The van der Waals surface area contributed by atoms with Crippen molar-refractivity contribution in [3.8, 4) is 0 Å². The van der Waals surface area contributed by atoms with E-state index in [1.165, 1.54) is 11.1 Å². The lowest BCUT2D eigenvalue weighted by atomic mass is 10.0. The molecule has 2 heterocycles. The van der Waals surface area contributed by atoms with E-state index in [4.69, 9.17) is 0 Å². The van der Waals surface area contributed by atoms with E-state index < -0.39 is 0 Å². The SMILES string of the molecule is Cc1ccc2c3c1nc(C=O)n3CCC2. The molecule has 0 aliphatic carbocycles. The van der Waals surface area contributed by atoms with E-state index in [2.05, 4.69) is 17.1 Å². The molecule has 3 nitrogen and oxygen atoms in total. The van der Waals surface area contributed by atoms with Crippen LogP contribution in [0.25, 0.3) is 11.0 Å². The predicted molar refractivity (Wildman–Crippen MR) is 58.2 cm³/mol. The summed E-state index contributed by atoms with van der Waals surface area (Å²) in [7, 11) is 0. The summed E-state index contributed by atoms with van der Waals surface area (Å²) in [6.45, 7) is 2.96. The molecule has 2 aromatic rings.